The summed E-state index contributed by atoms with van der Waals surface area (Å²) in [6.07, 6.45) is 5.33. The van der Waals surface area contributed by atoms with E-state index in [4.69, 9.17) is 0 Å². The second-order valence-corrected chi connectivity index (χ2v) is 5.92. The predicted molar refractivity (Wildman–Crippen MR) is 76.8 cm³/mol. The first-order chi connectivity index (χ1) is 9.22. The SMILES string of the molecule is CC(=O)c1ccc(Sc2ccc3c(c2)CCC3)nc1. The van der Waals surface area contributed by atoms with Crippen LogP contribution in [0.5, 0.6) is 0 Å². The smallest absolute Gasteiger partial charge is 0.161 e. The summed E-state index contributed by atoms with van der Waals surface area (Å²) in [5, 5.41) is 0.933. The molecule has 0 amide bonds. The van der Waals surface area contributed by atoms with E-state index in [1.54, 1.807) is 24.9 Å². The van der Waals surface area contributed by atoms with Gasteiger partial charge in [0.2, 0.25) is 0 Å². The van der Waals surface area contributed by atoms with Gasteiger partial charge in [0.15, 0.2) is 5.78 Å². The minimum atomic E-state index is 0.0570. The van der Waals surface area contributed by atoms with Gasteiger partial charge in [-0.25, -0.2) is 4.98 Å². The molecule has 0 saturated heterocycles. The van der Waals surface area contributed by atoms with Gasteiger partial charge in [-0.3, -0.25) is 4.79 Å². The summed E-state index contributed by atoms with van der Waals surface area (Å²) in [7, 11) is 0. The number of nitrogens with zero attached hydrogens (tertiary/aromatic N) is 1. The molecule has 2 aromatic rings. The van der Waals surface area contributed by atoms with Crippen molar-refractivity contribution >= 4 is 17.5 Å². The lowest BCUT2D eigenvalue weighted by Gasteiger charge is -2.04. The Balaban J connectivity index is 1.79. The molecule has 1 heterocycles. The van der Waals surface area contributed by atoms with Crippen molar-refractivity contribution in [1.82, 2.24) is 4.98 Å². The fourth-order valence-electron chi connectivity index (χ4n) is 2.38. The van der Waals surface area contributed by atoms with Crippen LogP contribution in [0.1, 0.15) is 34.8 Å². The Morgan fingerprint density at radius 3 is 2.74 bits per heavy atom. The lowest BCUT2D eigenvalue weighted by atomic mass is 10.1. The van der Waals surface area contributed by atoms with Crippen LogP contribution < -0.4 is 0 Å². The molecule has 0 aliphatic heterocycles. The number of benzene rings is 1. The maximum absolute atomic E-state index is 11.2. The number of carbonyl (C=O) groups excluding carboxylic acids is 1. The van der Waals surface area contributed by atoms with Crippen LogP contribution >= 0.6 is 11.8 Å². The van der Waals surface area contributed by atoms with Crippen LogP contribution in [0, 0.1) is 0 Å². The predicted octanol–water partition coefficient (Wildman–Crippen LogP) is 3.92. The number of carbonyl (C=O) groups is 1. The highest BCUT2D eigenvalue weighted by Gasteiger charge is 2.11. The van der Waals surface area contributed by atoms with Crippen LogP contribution in [0.4, 0.5) is 0 Å². The van der Waals surface area contributed by atoms with Crippen molar-refractivity contribution in [1.29, 1.82) is 0 Å². The van der Waals surface area contributed by atoms with Crippen molar-refractivity contribution in [2.45, 2.75) is 36.1 Å². The van der Waals surface area contributed by atoms with Crippen molar-refractivity contribution in [2.75, 3.05) is 0 Å². The minimum absolute atomic E-state index is 0.0570. The van der Waals surface area contributed by atoms with Crippen LogP contribution in [0.2, 0.25) is 0 Å². The van der Waals surface area contributed by atoms with Crippen LogP contribution in [0.25, 0.3) is 0 Å². The van der Waals surface area contributed by atoms with Crippen LogP contribution in [0.15, 0.2) is 46.5 Å². The third-order valence-electron chi connectivity index (χ3n) is 3.44. The number of aryl methyl sites for hydroxylation is 2. The molecule has 0 unspecified atom stereocenters. The Morgan fingerprint density at radius 2 is 2.00 bits per heavy atom. The number of fused-ring (bicyclic) bond motifs is 1. The monoisotopic (exact) mass is 269 g/mol. The maximum Gasteiger partial charge on any atom is 0.161 e. The largest absolute Gasteiger partial charge is 0.294 e. The number of pyridine rings is 1. The van der Waals surface area contributed by atoms with E-state index in [0.717, 1.165) is 5.03 Å². The van der Waals surface area contributed by atoms with Gasteiger partial charge in [0.25, 0.3) is 0 Å². The first-order valence-electron chi connectivity index (χ1n) is 6.49. The summed E-state index contributed by atoms with van der Waals surface area (Å²) >= 11 is 1.65. The van der Waals surface area contributed by atoms with Crippen LogP contribution in [-0.4, -0.2) is 10.8 Å². The highest BCUT2D eigenvalue weighted by molar-refractivity contribution is 7.99. The summed E-state index contributed by atoms with van der Waals surface area (Å²) in [6.45, 7) is 1.56. The lowest BCUT2D eigenvalue weighted by molar-refractivity contribution is 0.101. The molecule has 3 heteroatoms. The zero-order valence-corrected chi connectivity index (χ0v) is 11.7. The van der Waals surface area contributed by atoms with Crippen molar-refractivity contribution in [3.63, 3.8) is 0 Å². The molecule has 0 saturated carbocycles. The molecule has 3 rings (SSSR count). The topological polar surface area (TPSA) is 30.0 Å². The van der Waals surface area contributed by atoms with E-state index < -0.39 is 0 Å². The quantitative estimate of drug-likeness (QED) is 0.791. The lowest BCUT2D eigenvalue weighted by Crippen LogP contribution is -1.93. The van der Waals surface area contributed by atoms with E-state index in [9.17, 15) is 4.79 Å². The van der Waals surface area contributed by atoms with Gasteiger partial charge in [0.05, 0.1) is 0 Å². The summed E-state index contributed by atoms with van der Waals surface area (Å²) in [4.78, 5) is 16.8. The number of Topliss-reactive ketones (excluding diaryl/α,β-unsaturated/α-hetero) is 1. The van der Waals surface area contributed by atoms with Crippen LogP contribution in [0.3, 0.4) is 0 Å². The van der Waals surface area contributed by atoms with E-state index in [1.165, 1.54) is 35.3 Å². The zero-order chi connectivity index (χ0) is 13.2. The van der Waals surface area contributed by atoms with Crippen molar-refractivity contribution in [3.8, 4) is 0 Å². The summed E-state index contributed by atoms with van der Waals surface area (Å²) in [6, 6.07) is 10.4. The molecule has 1 aromatic heterocycles. The standard InChI is InChI=1S/C16H15NOS/c1-11(18)14-6-8-16(17-10-14)19-15-7-5-12-3-2-4-13(12)9-15/h5-10H,2-4H2,1H3. The van der Waals surface area contributed by atoms with Crippen LogP contribution in [-0.2, 0) is 12.8 Å². The molecular formula is C16H15NOS. The number of hydrogen-bond donors (Lipinski definition) is 0. The van der Waals surface area contributed by atoms with E-state index in [-0.39, 0.29) is 5.78 Å². The van der Waals surface area contributed by atoms with Crippen molar-refractivity contribution in [2.24, 2.45) is 0 Å². The minimum Gasteiger partial charge on any atom is -0.294 e. The molecule has 0 atom stereocenters. The first-order valence-corrected chi connectivity index (χ1v) is 7.31. The molecule has 1 aliphatic rings. The molecule has 1 aliphatic carbocycles. The molecule has 96 valence electrons. The fraction of sp³-hybridized carbons (Fsp3) is 0.250. The van der Waals surface area contributed by atoms with Gasteiger partial charge >= 0.3 is 0 Å². The number of hydrogen-bond acceptors (Lipinski definition) is 3. The molecule has 2 nitrogen and oxygen atoms in total. The van der Waals surface area contributed by atoms with Crippen molar-refractivity contribution in [3.05, 3.63) is 53.2 Å². The van der Waals surface area contributed by atoms with Crippen molar-refractivity contribution < 1.29 is 4.79 Å². The first kappa shape index (κ1) is 12.4. The average Bonchev–Trinajstić information content (AvgIpc) is 2.87. The molecule has 0 fully saturated rings. The molecular weight excluding hydrogens is 254 g/mol. The maximum atomic E-state index is 11.2. The second-order valence-electron chi connectivity index (χ2n) is 4.83. The third-order valence-corrected chi connectivity index (χ3v) is 4.38. The summed E-state index contributed by atoms with van der Waals surface area (Å²) < 4.78 is 0. The second kappa shape index (κ2) is 5.17. The molecule has 0 radical (unpaired) electrons. The highest BCUT2D eigenvalue weighted by Crippen LogP contribution is 2.31. The number of aromatic nitrogens is 1. The Labute approximate surface area is 117 Å². The van der Waals surface area contributed by atoms with E-state index >= 15 is 0 Å². The summed E-state index contributed by atoms with van der Waals surface area (Å²) in [5.74, 6) is 0.0570. The number of ketones is 1. The molecule has 0 bridgehead atoms. The normalized spacial score (nSPS) is 13.3. The van der Waals surface area contributed by atoms with Gasteiger partial charge in [-0.15, -0.1) is 0 Å². The van der Waals surface area contributed by atoms with Gasteiger partial charge in [0.1, 0.15) is 5.03 Å². The molecule has 19 heavy (non-hydrogen) atoms. The zero-order valence-electron chi connectivity index (χ0n) is 10.8. The third kappa shape index (κ3) is 2.71. The Morgan fingerprint density at radius 1 is 1.16 bits per heavy atom. The Bertz CT molecular complexity index is 619. The average molecular weight is 269 g/mol. The van der Waals surface area contributed by atoms with E-state index in [1.807, 2.05) is 12.1 Å². The molecule has 0 spiro atoms. The summed E-state index contributed by atoms with van der Waals surface area (Å²) in [5.41, 5.74) is 3.63. The van der Waals surface area contributed by atoms with Gasteiger partial charge < -0.3 is 0 Å². The number of rotatable bonds is 3. The molecule has 0 N–H and O–H groups in total. The molecule has 1 aromatic carbocycles. The fourth-order valence-corrected chi connectivity index (χ4v) is 3.20. The van der Waals surface area contributed by atoms with Gasteiger partial charge in [-0.05, 0) is 61.6 Å². The Hall–Kier alpha value is -1.61. The van der Waals surface area contributed by atoms with Gasteiger partial charge in [-0.2, -0.15) is 0 Å². The van der Waals surface area contributed by atoms with Gasteiger partial charge in [0, 0.05) is 16.7 Å². The Kier molecular flexibility index (Phi) is 3.38. The van der Waals surface area contributed by atoms with E-state index in [2.05, 4.69) is 23.2 Å². The van der Waals surface area contributed by atoms with E-state index in [0.29, 0.717) is 5.56 Å². The highest BCUT2D eigenvalue weighted by atomic mass is 32.2. The van der Waals surface area contributed by atoms with Gasteiger partial charge in [-0.1, -0.05) is 17.8 Å².